The van der Waals surface area contributed by atoms with Crippen LogP contribution in [0.5, 0.6) is 0 Å². The zero-order chi connectivity index (χ0) is 10.7. The molecule has 0 saturated heterocycles. The second-order valence-electron chi connectivity index (χ2n) is 3.28. The maximum Gasteiger partial charge on any atom is 0.182 e. The van der Waals surface area contributed by atoms with Gasteiger partial charge in [-0.1, -0.05) is 6.07 Å². The minimum Gasteiger partial charge on any atom is -0.365 e. The molecule has 0 saturated carbocycles. The van der Waals surface area contributed by atoms with Crippen LogP contribution in [-0.4, -0.2) is 17.0 Å². The Morgan fingerprint density at radius 2 is 2.27 bits per heavy atom. The van der Waals surface area contributed by atoms with Gasteiger partial charge >= 0.3 is 0 Å². The zero-order valence-corrected chi connectivity index (χ0v) is 9.64. The Balaban J connectivity index is 2.21. The molecule has 2 rings (SSSR count). The molecule has 0 aromatic carbocycles. The van der Waals surface area contributed by atoms with E-state index in [0.29, 0.717) is 0 Å². The fraction of sp³-hybridized carbons (Fsp3) is 0.273. The summed E-state index contributed by atoms with van der Waals surface area (Å²) >= 11 is 1.69. The summed E-state index contributed by atoms with van der Waals surface area (Å²) in [5.74, 6) is 0. The SMILES string of the molecule is CNc1nc(C)c(Cc2ccccn2)s1. The van der Waals surface area contributed by atoms with Gasteiger partial charge in [-0.3, -0.25) is 4.98 Å². The molecule has 15 heavy (non-hydrogen) atoms. The fourth-order valence-electron chi connectivity index (χ4n) is 1.37. The van der Waals surface area contributed by atoms with Gasteiger partial charge in [-0.05, 0) is 19.1 Å². The number of hydrogen-bond donors (Lipinski definition) is 1. The summed E-state index contributed by atoms with van der Waals surface area (Å²) in [6.07, 6.45) is 2.69. The summed E-state index contributed by atoms with van der Waals surface area (Å²) in [6, 6.07) is 5.98. The Morgan fingerprint density at radius 3 is 2.87 bits per heavy atom. The highest BCUT2D eigenvalue weighted by atomic mass is 32.1. The molecule has 0 atom stereocenters. The van der Waals surface area contributed by atoms with Gasteiger partial charge in [-0.15, -0.1) is 11.3 Å². The highest BCUT2D eigenvalue weighted by Gasteiger charge is 2.07. The van der Waals surface area contributed by atoms with Gasteiger partial charge in [0.05, 0.1) is 5.69 Å². The molecular formula is C11H13N3S. The lowest BCUT2D eigenvalue weighted by Crippen LogP contribution is -1.90. The summed E-state index contributed by atoms with van der Waals surface area (Å²) in [6.45, 7) is 2.04. The molecule has 0 spiro atoms. The van der Waals surface area contributed by atoms with Crippen LogP contribution >= 0.6 is 11.3 Å². The number of aryl methyl sites for hydroxylation is 1. The molecule has 1 N–H and O–H groups in total. The Kier molecular flexibility index (Phi) is 2.97. The van der Waals surface area contributed by atoms with Gasteiger partial charge in [-0.2, -0.15) is 0 Å². The Hall–Kier alpha value is -1.42. The first-order valence-electron chi connectivity index (χ1n) is 4.83. The lowest BCUT2D eigenvalue weighted by molar-refractivity contribution is 1.07. The van der Waals surface area contributed by atoms with Crippen molar-refractivity contribution in [1.82, 2.24) is 9.97 Å². The van der Waals surface area contributed by atoms with Crippen LogP contribution < -0.4 is 5.32 Å². The van der Waals surface area contributed by atoms with Gasteiger partial charge in [0.2, 0.25) is 0 Å². The van der Waals surface area contributed by atoms with Crippen molar-refractivity contribution in [1.29, 1.82) is 0 Å². The van der Waals surface area contributed by atoms with E-state index in [1.807, 2.05) is 38.4 Å². The molecular weight excluding hydrogens is 206 g/mol. The van der Waals surface area contributed by atoms with Gasteiger partial charge < -0.3 is 5.32 Å². The molecule has 0 radical (unpaired) electrons. The summed E-state index contributed by atoms with van der Waals surface area (Å²) in [5.41, 5.74) is 2.18. The van der Waals surface area contributed by atoms with Crippen LogP contribution in [0.2, 0.25) is 0 Å². The summed E-state index contributed by atoms with van der Waals surface area (Å²) in [7, 11) is 1.89. The van der Waals surface area contributed by atoms with Gasteiger partial charge in [-0.25, -0.2) is 4.98 Å². The molecule has 0 unspecified atom stereocenters. The molecule has 0 bridgehead atoms. The van der Waals surface area contributed by atoms with Crippen molar-refractivity contribution in [3.05, 3.63) is 40.7 Å². The smallest absolute Gasteiger partial charge is 0.182 e. The molecule has 2 aromatic heterocycles. The number of rotatable bonds is 3. The number of nitrogens with one attached hydrogen (secondary N) is 1. The van der Waals surface area contributed by atoms with Crippen molar-refractivity contribution in [3.8, 4) is 0 Å². The van der Waals surface area contributed by atoms with Gasteiger partial charge in [0.25, 0.3) is 0 Å². The van der Waals surface area contributed by atoms with Crippen LogP contribution in [0.4, 0.5) is 5.13 Å². The van der Waals surface area contributed by atoms with Crippen molar-refractivity contribution >= 4 is 16.5 Å². The van der Waals surface area contributed by atoms with Crippen molar-refractivity contribution in [2.24, 2.45) is 0 Å². The summed E-state index contributed by atoms with van der Waals surface area (Å²) in [5, 5.41) is 4.03. The fourth-order valence-corrected chi connectivity index (χ4v) is 2.30. The zero-order valence-electron chi connectivity index (χ0n) is 8.82. The molecule has 0 fully saturated rings. The minimum atomic E-state index is 0.867. The largest absolute Gasteiger partial charge is 0.365 e. The third-order valence-corrected chi connectivity index (χ3v) is 3.35. The highest BCUT2D eigenvalue weighted by molar-refractivity contribution is 7.15. The average Bonchev–Trinajstić information content (AvgIpc) is 2.61. The first kappa shape index (κ1) is 10.1. The maximum atomic E-state index is 4.40. The average molecular weight is 219 g/mol. The van der Waals surface area contributed by atoms with Crippen molar-refractivity contribution in [3.63, 3.8) is 0 Å². The number of aromatic nitrogens is 2. The van der Waals surface area contributed by atoms with E-state index in [-0.39, 0.29) is 0 Å². The Labute approximate surface area is 93.2 Å². The highest BCUT2D eigenvalue weighted by Crippen LogP contribution is 2.23. The quantitative estimate of drug-likeness (QED) is 0.861. The monoisotopic (exact) mass is 219 g/mol. The number of anilines is 1. The first-order chi connectivity index (χ1) is 7.29. The predicted molar refractivity (Wildman–Crippen MR) is 63.4 cm³/mol. The van der Waals surface area contributed by atoms with E-state index < -0.39 is 0 Å². The maximum absolute atomic E-state index is 4.40. The number of thiazole rings is 1. The molecule has 0 amide bonds. The van der Waals surface area contributed by atoms with E-state index in [9.17, 15) is 0 Å². The van der Waals surface area contributed by atoms with Gasteiger partial charge in [0.15, 0.2) is 5.13 Å². The minimum absolute atomic E-state index is 0.867. The van der Waals surface area contributed by atoms with Crippen LogP contribution in [0.1, 0.15) is 16.3 Å². The van der Waals surface area contributed by atoms with Crippen LogP contribution in [0.25, 0.3) is 0 Å². The second kappa shape index (κ2) is 4.40. The Bertz CT molecular complexity index is 436. The standard InChI is InChI=1S/C11H13N3S/c1-8-10(15-11(12-2)14-8)7-9-5-3-4-6-13-9/h3-6H,7H2,1-2H3,(H,12,14). The van der Waals surface area contributed by atoms with Crippen molar-refractivity contribution in [2.75, 3.05) is 12.4 Å². The molecule has 4 heteroatoms. The predicted octanol–water partition coefficient (Wildman–Crippen LogP) is 2.48. The Morgan fingerprint density at radius 1 is 1.40 bits per heavy atom. The molecule has 0 aliphatic carbocycles. The normalized spacial score (nSPS) is 10.3. The number of pyridine rings is 1. The van der Waals surface area contributed by atoms with E-state index in [1.165, 1.54) is 4.88 Å². The van der Waals surface area contributed by atoms with Crippen molar-refractivity contribution in [2.45, 2.75) is 13.3 Å². The number of hydrogen-bond acceptors (Lipinski definition) is 4. The van der Waals surface area contributed by atoms with Crippen molar-refractivity contribution < 1.29 is 0 Å². The third kappa shape index (κ3) is 2.33. The summed E-state index contributed by atoms with van der Waals surface area (Å²) in [4.78, 5) is 9.99. The first-order valence-corrected chi connectivity index (χ1v) is 5.65. The van der Waals surface area contributed by atoms with Crippen LogP contribution in [0.15, 0.2) is 24.4 Å². The van der Waals surface area contributed by atoms with Gasteiger partial charge in [0, 0.05) is 30.2 Å². The summed E-state index contributed by atoms with van der Waals surface area (Å²) < 4.78 is 0. The van der Waals surface area contributed by atoms with E-state index in [0.717, 1.165) is 22.9 Å². The molecule has 0 aliphatic heterocycles. The number of nitrogens with zero attached hydrogens (tertiary/aromatic N) is 2. The second-order valence-corrected chi connectivity index (χ2v) is 4.36. The van der Waals surface area contributed by atoms with E-state index in [1.54, 1.807) is 11.3 Å². The van der Waals surface area contributed by atoms with Gasteiger partial charge in [0.1, 0.15) is 0 Å². The third-order valence-electron chi connectivity index (χ3n) is 2.17. The van der Waals surface area contributed by atoms with E-state index in [4.69, 9.17) is 0 Å². The molecule has 2 aromatic rings. The lowest BCUT2D eigenvalue weighted by atomic mass is 10.2. The van der Waals surface area contributed by atoms with Crippen LogP contribution in [0, 0.1) is 6.92 Å². The van der Waals surface area contributed by atoms with E-state index in [2.05, 4.69) is 15.3 Å². The molecule has 78 valence electrons. The molecule has 3 nitrogen and oxygen atoms in total. The topological polar surface area (TPSA) is 37.8 Å². The van der Waals surface area contributed by atoms with Crippen LogP contribution in [-0.2, 0) is 6.42 Å². The van der Waals surface area contributed by atoms with Crippen LogP contribution in [0.3, 0.4) is 0 Å². The van der Waals surface area contributed by atoms with E-state index >= 15 is 0 Å². The molecule has 2 heterocycles. The molecule has 0 aliphatic rings. The lowest BCUT2D eigenvalue weighted by Gasteiger charge is -1.97.